The van der Waals surface area contributed by atoms with Gasteiger partial charge in [-0.3, -0.25) is 0 Å². The van der Waals surface area contributed by atoms with E-state index in [4.69, 9.17) is 17.3 Å². The van der Waals surface area contributed by atoms with Crippen molar-refractivity contribution in [3.05, 3.63) is 41.2 Å². The smallest absolute Gasteiger partial charge is 0.165 e. The molecule has 3 nitrogen and oxygen atoms in total. The third-order valence-electron chi connectivity index (χ3n) is 1.91. The molecule has 5 heteroatoms. The Labute approximate surface area is 97.0 Å². The molecule has 0 saturated carbocycles. The highest BCUT2D eigenvalue weighted by Crippen LogP contribution is 2.25. The molecule has 2 aromatic rings. The van der Waals surface area contributed by atoms with Crippen molar-refractivity contribution in [3.63, 3.8) is 0 Å². The van der Waals surface area contributed by atoms with Crippen LogP contribution in [0.15, 0.2) is 35.7 Å². The molecule has 0 aliphatic rings. The Kier molecular flexibility index (Phi) is 3.18. The summed E-state index contributed by atoms with van der Waals surface area (Å²) >= 11 is 7.63. The molecule has 0 radical (unpaired) electrons. The first-order chi connectivity index (χ1) is 7.25. The maximum atomic E-state index is 6.04. The minimum Gasteiger partial charge on any atom is -0.399 e. The number of thioether (sulfide) groups is 1. The number of halogens is 1. The van der Waals surface area contributed by atoms with Gasteiger partial charge in [-0.1, -0.05) is 23.4 Å². The average Bonchev–Trinajstić information content (AvgIpc) is 2.72. The van der Waals surface area contributed by atoms with Gasteiger partial charge in [0.1, 0.15) is 0 Å². The van der Waals surface area contributed by atoms with Crippen LogP contribution in [0.4, 0.5) is 5.69 Å². The van der Waals surface area contributed by atoms with Crippen LogP contribution in [0.5, 0.6) is 0 Å². The van der Waals surface area contributed by atoms with Crippen LogP contribution in [-0.2, 0) is 5.75 Å². The predicted molar refractivity (Wildman–Crippen MR) is 64.0 cm³/mol. The second kappa shape index (κ2) is 4.59. The lowest BCUT2D eigenvalue weighted by molar-refractivity contribution is 1.06. The highest BCUT2D eigenvalue weighted by molar-refractivity contribution is 7.98. The quantitative estimate of drug-likeness (QED) is 0.640. The van der Waals surface area contributed by atoms with Crippen molar-refractivity contribution in [2.24, 2.45) is 0 Å². The van der Waals surface area contributed by atoms with Gasteiger partial charge in [0.2, 0.25) is 0 Å². The molecule has 0 amide bonds. The fourth-order valence-corrected chi connectivity index (χ4v) is 2.26. The molecule has 2 rings (SSSR count). The summed E-state index contributed by atoms with van der Waals surface area (Å²) in [6, 6.07) is 5.50. The van der Waals surface area contributed by atoms with Crippen LogP contribution in [0.3, 0.4) is 0 Å². The van der Waals surface area contributed by atoms with Crippen molar-refractivity contribution in [1.29, 1.82) is 0 Å². The van der Waals surface area contributed by atoms with Crippen molar-refractivity contribution in [3.8, 4) is 0 Å². The molecular weight excluding hydrogens is 230 g/mol. The molecule has 0 atom stereocenters. The lowest BCUT2D eigenvalue weighted by atomic mass is 10.2. The molecule has 78 valence electrons. The van der Waals surface area contributed by atoms with Gasteiger partial charge in [-0.05, 0) is 23.8 Å². The van der Waals surface area contributed by atoms with Gasteiger partial charge in [-0.15, -0.1) is 0 Å². The van der Waals surface area contributed by atoms with E-state index in [1.807, 2.05) is 12.1 Å². The summed E-state index contributed by atoms with van der Waals surface area (Å²) in [6.45, 7) is 0. The standard InChI is InChI=1S/C10H10ClN3S/c11-9-2-1-8(12)5-7(9)6-15-10-13-3-4-14-10/h1-5H,6,12H2,(H,13,14). The second-order valence-corrected chi connectivity index (χ2v) is 4.41. The summed E-state index contributed by atoms with van der Waals surface area (Å²) in [5.41, 5.74) is 7.44. The van der Waals surface area contributed by atoms with E-state index in [0.29, 0.717) is 0 Å². The molecule has 0 fully saturated rings. The van der Waals surface area contributed by atoms with Crippen LogP contribution in [0.1, 0.15) is 5.56 Å². The van der Waals surface area contributed by atoms with Crippen molar-refractivity contribution in [1.82, 2.24) is 9.97 Å². The molecule has 0 spiro atoms. The number of H-pyrrole nitrogens is 1. The Balaban J connectivity index is 2.07. The minimum absolute atomic E-state index is 0.731. The summed E-state index contributed by atoms with van der Waals surface area (Å²) in [5.74, 6) is 0.761. The third kappa shape index (κ3) is 2.67. The first-order valence-electron chi connectivity index (χ1n) is 4.42. The van der Waals surface area contributed by atoms with E-state index < -0.39 is 0 Å². The summed E-state index contributed by atoms with van der Waals surface area (Å²) in [7, 11) is 0. The zero-order chi connectivity index (χ0) is 10.7. The number of aromatic amines is 1. The SMILES string of the molecule is Nc1ccc(Cl)c(CSc2ncc[nH]2)c1. The van der Waals surface area contributed by atoms with Crippen LogP contribution in [0, 0.1) is 0 Å². The third-order valence-corrected chi connectivity index (χ3v) is 3.23. The summed E-state index contributed by atoms with van der Waals surface area (Å²) < 4.78 is 0. The first kappa shape index (κ1) is 10.4. The van der Waals surface area contributed by atoms with E-state index >= 15 is 0 Å². The predicted octanol–water partition coefficient (Wildman–Crippen LogP) is 2.94. The topological polar surface area (TPSA) is 54.7 Å². The zero-order valence-corrected chi connectivity index (χ0v) is 9.48. The van der Waals surface area contributed by atoms with Gasteiger partial charge in [-0.25, -0.2) is 4.98 Å². The molecule has 0 aliphatic carbocycles. The lowest BCUT2D eigenvalue weighted by Crippen LogP contribution is -1.89. The number of nitrogens with one attached hydrogen (secondary N) is 1. The molecule has 1 aromatic carbocycles. The van der Waals surface area contributed by atoms with Gasteiger partial charge >= 0.3 is 0 Å². The number of hydrogen-bond acceptors (Lipinski definition) is 3. The lowest BCUT2D eigenvalue weighted by Gasteiger charge is -2.03. The number of imidazole rings is 1. The first-order valence-corrected chi connectivity index (χ1v) is 5.78. The van der Waals surface area contributed by atoms with E-state index in [-0.39, 0.29) is 0 Å². The molecule has 0 aliphatic heterocycles. The van der Waals surface area contributed by atoms with E-state index in [2.05, 4.69) is 9.97 Å². The van der Waals surface area contributed by atoms with E-state index in [0.717, 1.165) is 27.2 Å². The normalized spacial score (nSPS) is 10.5. The molecule has 15 heavy (non-hydrogen) atoms. The van der Waals surface area contributed by atoms with Crippen LogP contribution in [0.25, 0.3) is 0 Å². The number of nitrogen functional groups attached to an aromatic ring is 1. The van der Waals surface area contributed by atoms with Crippen LogP contribution < -0.4 is 5.73 Å². The maximum Gasteiger partial charge on any atom is 0.165 e. The van der Waals surface area contributed by atoms with Crippen molar-refractivity contribution in [2.75, 3.05) is 5.73 Å². The van der Waals surface area contributed by atoms with Gasteiger partial charge in [0.05, 0.1) is 0 Å². The Morgan fingerprint density at radius 1 is 1.47 bits per heavy atom. The number of anilines is 1. The number of nitrogens with two attached hydrogens (primary N) is 1. The van der Waals surface area contributed by atoms with E-state index in [1.54, 1.807) is 30.2 Å². The van der Waals surface area contributed by atoms with Gasteiger partial charge in [0, 0.05) is 28.9 Å². The highest BCUT2D eigenvalue weighted by Gasteiger charge is 2.03. The zero-order valence-electron chi connectivity index (χ0n) is 7.90. The summed E-state index contributed by atoms with van der Waals surface area (Å²) in [5, 5.41) is 1.62. The van der Waals surface area contributed by atoms with Gasteiger partial charge in [0.25, 0.3) is 0 Å². The number of benzene rings is 1. The van der Waals surface area contributed by atoms with Gasteiger partial charge < -0.3 is 10.7 Å². The van der Waals surface area contributed by atoms with Crippen molar-refractivity contribution < 1.29 is 0 Å². The van der Waals surface area contributed by atoms with Crippen molar-refractivity contribution in [2.45, 2.75) is 10.9 Å². The monoisotopic (exact) mass is 239 g/mol. The Bertz CT molecular complexity index is 442. The van der Waals surface area contributed by atoms with Crippen molar-refractivity contribution >= 4 is 29.1 Å². The average molecular weight is 240 g/mol. The molecule has 1 heterocycles. The number of nitrogens with zero attached hydrogens (tertiary/aromatic N) is 1. The maximum absolute atomic E-state index is 6.04. The van der Waals surface area contributed by atoms with Crippen LogP contribution >= 0.6 is 23.4 Å². The van der Waals surface area contributed by atoms with Gasteiger partial charge in [-0.2, -0.15) is 0 Å². The summed E-state index contributed by atoms with van der Waals surface area (Å²) in [6.07, 6.45) is 3.52. The van der Waals surface area contributed by atoms with E-state index in [9.17, 15) is 0 Å². The minimum atomic E-state index is 0.731. The largest absolute Gasteiger partial charge is 0.399 e. The molecule has 3 N–H and O–H groups in total. The fourth-order valence-electron chi connectivity index (χ4n) is 1.18. The number of aromatic nitrogens is 2. The number of rotatable bonds is 3. The fraction of sp³-hybridized carbons (Fsp3) is 0.100. The molecule has 0 saturated heterocycles. The number of hydrogen-bond donors (Lipinski definition) is 2. The molecule has 0 unspecified atom stereocenters. The van der Waals surface area contributed by atoms with Gasteiger partial charge in [0.15, 0.2) is 5.16 Å². The molecular formula is C10H10ClN3S. The van der Waals surface area contributed by atoms with E-state index in [1.165, 1.54) is 0 Å². The Morgan fingerprint density at radius 2 is 2.33 bits per heavy atom. The van der Waals surface area contributed by atoms with Crippen LogP contribution in [-0.4, -0.2) is 9.97 Å². The van der Waals surface area contributed by atoms with Crippen LogP contribution in [0.2, 0.25) is 5.02 Å². The Morgan fingerprint density at radius 3 is 3.07 bits per heavy atom. The summed E-state index contributed by atoms with van der Waals surface area (Å²) in [4.78, 5) is 7.14. The molecule has 0 bridgehead atoms. The second-order valence-electron chi connectivity index (χ2n) is 3.03. The molecule has 1 aromatic heterocycles. The Hall–Kier alpha value is -1.13. The highest BCUT2D eigenvalue weighted by atomic mass is 35.5.